The highest BCUT2D eigenvalue weighted by Gasteiger charge is 2.08. The third kappa shape index (κ3) is 1.60. The van der Waals surface area contributed by atoms with Gasteiger partial charge in [-0.05, 0) is 36.4 Å². The van der Waals surface area contributed by atoms with Crippen LogP contribution in [0.2, 0.25) is 0 Å². The minimum absolute atomic E-state index is 0.340. The maximum Gasteiger partial charge on any atom is 0.150 e. The van der Waals surface area contributed by atoms with Crippen LogP contribution in [-0.4, -0.2) is 4.57 Å². The van der Waals surface area contributed by atoms with Gasteiger partial charge in [-0.2, -0.15) is 0 Å². The highest BCUT2D eigenvalue weighted by atomic mass is 19.1. The van der Waals surface area contributed by atoms with Crippen LogP contribution in [0, 0.1) is 17.7 Å². The van der Waals surface area contributed by atoms with Crippen LogP contribution < -0.4 is 0 Å². The molecule has 1 nitrogen and oxygen atoms in total. The lowest BCUT2D eigenvalue weighted by atomic mass is 10.2. The van der Waals surface area contributed by atoms with Crippen LogP contribution in [0.4, 0.5) is 8.78 Å². The summed E-state index contributed by atoms with van der Waals surface area (Å²) >= 11 is 0. The molecule has 0 N–H and O–H groups in total. The fourth-order valence-corrected chi connectivity index (χ4v) is 1.91. The largest absolute Gasteiger partial charge is 0.314 e. The van der Waals surface area contributed by atoms with E-state index in [1.165, 1.54) is 12.1 Å². The van der Waals surface area contributed by atoms with Crippen molar-refractivity contribution >= 4 is 10.9 Å². The average Bonchev–Trinajstić information content (AvgIpc) is 2.73. The van der Waals surface area contributed by atoms with Crippen molar-refractivity contribution in [1.82, 2.24) is 4.57 Å². The topological polar surface area (TPSA) is 4.93 Å². The molecule has 3 rings (SSSR count). The van der Waals surface area contributed by atoms with Crippen LogP contribution >= 0.6 is 0 Å². The van der Waals surface area contributed by atoms with Crippen LogP contribution in [0.25, 0.3) is 16.6 Å². The van der Waals surface area contributed by atoms with Gasteiger partial charge >= 0.3 is 0 Å². The molecule has 1 heterocycles. The third-order valence-corrected chi connectivity index (χ3v) is 2.70. The number of halogens is 2. The van der Waals surface area contributed by atoms with Crippen molar-refractivity contribution in [2.75, 3.05) is 0 Å². The van der Waals surface area contributed by atoms with Gasteiger partial charge < -0.3 is 4.57 Å². The molecule has 0 unspecified atom stereocenters. The second-order valence-corrected chi connectivity index (χ2v) is 3.77. The first-order valence-corrected chi connectivity index (χ1v) is 5.18. The zero-order chi connectivity index (χ0) is 11.8. The van der Waals surface area contributed by atoms with E-state index in [0.717, 1.165) is 17.0 Å². The quantitative estimate of drug-likeness (QED) is 0.598. The van der Waals surface area contributed by atoms with Crippen LogP contribution in [0.3, 0.4) is 0 Å². The molecule has 0 fully saturated rings. The maximum atomic E-state index is 13.7. The normalized spacial score (nSPS) is 10.9. The summed E-state index contributed by atoms with van der Waals surface area (Å²) in [5.41, 5.74) is 1.21. The monoisotopic (exact) mass is 228 g/mol. The molecule has 3 heteroatoms. The number of hydrogen-bond donors (Lipinski definition) is 0. The van der Waals surface area contributed by atoms with Gasteiger partial charge in [0.15, 0.2) is 0 Å². The van der Waals surface area contributed by atoms with Crippen molar-refractivity contribution in [2.45, 2.75) is 0 Å². The molecule has 0 saturated heterocycles. The van der Waals surface area contributed by atoms with E-state index < -0.39 is 11.6 Å². The fourth-order valence-electron chi connectivity index (χ4n) is 1.91. The van der Waals surface area contributed by atoms with Crippen molar-refractivity contribution in [3.63, 3.8) is 0 Å². The number of benzene rings is 2. The van der Waals surface area contributed by atoms with E-state index in [1.807, 2.05) is 18.2 Å². The Kier molecular flexibility index (Phi) is 2.18. The summed E-state index contributed by atoms with van der Waals surface area (Å²) in [6, 6.07) is 13.8. The molecule has 1 radical (unpaired) electrons. The molecule has 0 bridgehead atoms. The smallest absolute Gasteiger partial charge is 0.150 e. The van der Waals surface area contributed by atoms with E-state index in [-0.39, 0.29) is 0 Å². The molecule has 2 aromatic carbocycles. The molecule has 17 heavy (non-hydrogen) atoms. The summed E-state index contributed by atoms with van der Waals surface area (Å²) in [6.07, 6.45) is 1.76. The van der Waals surface area contributed by atoms with E-state index in [0.29, 0.717) is 5.69 Å². The van der Waals surface area contributed by atoms with Gasteiger partial charge in [-0.1, -0.05) is 6.07 Å². The summed E-state index contributed by atoms with van der Waals surface area (Å²) in [6.45, 7) is 0. The Balaban J connectivity index is 2.27. The lowest BCUT2D eigenvalue weighted by Crippen LogP contribution is -1.96. The second kappa shape index (κ2) is 3.70. The van der Waals surface area contributed by atoms with Crippen molar-refractivity contribution in [3.05, 3.63) is 66.4 Å². The van der Waals surface area contributed by atoms with Gasteiger partial charge in [-0.3, -0.25) is 0 Å². The van der Waals surface area contributed by atoms with Gasteiger partial charge in [0, 0.05) is 17.6 Å². The van der Waals surface area contributed by atoms with Crippen LogP contribution in [0.15, 0.2) is 48.7 Å². The predicted molar refractivity (Wildman–Crippen MR) is 62.0 cm³/mol. The molecule has 0 amide bonds. The molecule has 0 spiro atoms. The van der Waals surface area contributed by atoms with Gasteiger partial charge in [-0.25, -0.2) is 8.78 Å². The molecular formula is C14H8F2N. The summed E-state index contributed by atoms with van der Waals surface area (Å²) in [5, 5.41) is 0.969. The zero-order valence-corrected chi connectivity index (χ0v) is 8.82. The summed E-state index contributed by atoms with van der Waals surface area (Å²) < 4.78 is 28.2. The van der Waals surface area contributed by atoms with Gasteiger partial charge in [-0.15, -0.1) is 0 Å². The van der Waals surface area contributed by atoms with Crippen molar-refractivity contribution < 1.29 is 8.78 Å². The third-order valence-electron chi connectivity index (χ3n) is 2.70. The highest BCUT2D eigenvalue weighted by Crippen LogP contribution is 2.22. The Morgan fingerprint density at radius 1 is 1.06 bits per heavy atom. The Hall–Kier alpha value is -2.16. The number of rotatable bonds is 1. The SMILES string of the molecule is Fc1ccc(-n2ccc3c[c]ccc32)c(F)c1. The average molecular weight is 228 g/mol. The van der Waals surface area contributed by atoms with Crippen LogP contribution in [0.5, 0.6) is 0 Å². The minimum Gasteiger partial charge on any atom is -0.314 e. The lowest BCUT2D eigenvalue weighted by molar-refractivity contribution is 0.578. The summed E-state index contributed by atoms with van der Waals surface area (Å²) in [4.78, 5) is 0. The first-order chi connectivity index (χ1) is 8.25. The fraction of sp³-hybridized carbons (Fsp3) is 0. The molecule has 0 atom stereocenters. The van der Waals surface area contributed by atoms with Gasteiger partial charge in [0.2, 0.25) is 0 Å². The number of aromatic nitrogens is 1. The molecule has 0 saturated carbocycles. The first kappa shape index (κ1) is 10.0. The minimum atomic E-state index is -0.574. The summed E-state index contributed by atoms with van der Waals surface area (Å²) in [7, 11) is 0. The molecule has 0 aliphatic heterocycles. The van der Waals surface area contributed by atoms with Crippen molar-refractivity contribution in [1.29, 1.82) is 0 Å². The predicted octanol–water partition coefficient (Wildman–Crippen LogP) is 3.71. The van der Waals surface area contributed by atoms with Crippen LogP contribution in [0.1, 0.15) is 0 Å². The van der Waals surface area contributed by atoms with Crippen molar-refractivity contribution in [3.8, 4) is 5.69 Å². The van der Waals surface area contributed by atoms with E-state index in [4.69, 9.17) is 0 Å². The van der Waals surface area contributed by atoms with E-state index in [9.17, 15) is 8.78 Å². The lowest BCUT2D eigenvalue weighted by Gasteiger charge is -2.06. The Bertz CT molecular complexity index is 686. The number of fused-ring (bicyclic) bond motifs is 1. The number of hydrogen-bond acceptors (Lipinski definition) is 0. The standard InChI is InChI=1S/C14H8F2N/c15-11-5-6-14(12(16)9-11)17-8-7-10-3-1-2-4-13(10)17/h2-9H. The van der Waals surface area contributed by atoms with Gasteiger partial charge in [0.1, 0.15) is 11.6 Å². The summed E-state index contributed by atoms with van der Waals surface area (Å²) in [5.74, 6) is -1.15. The van der Waals surface area contributed by atoms with E-state index >= 15 is 0 Å². The molecule has 0 aliphatic carbocycles. The van der Waals surface area contributed by atoms with Gasteiger partial charge in [0.25, 0.3) is 0 Å². The molecule has 83 valence electrons. The van der Waals surface area contributed by atoms with E-state index in [2.05, 4.69) is 6.07 Å². The molecule has 0 aliphatic rings. The second-order valence-electron chi connectivity index (χ2n) is 3.77. The molecular weight excluding hydrogens is 220 g/mol. The van der Waals surface area contributed by atoms with Crippen LogP contribution in [-0.2, 0) is 0 Å². The van der Waals surface area contributed by atoms with E-state index in [1.54, 1.807) is 16.8 Å². The number of nitrogens with zero attached hydrogens (tertiary/aromatic N) is 1. The zero-order valence-electron chi connectivity index (χ0n) is 8.82. The molecule has 1 aromatic heterocycles. The first-order valence-electron chi connectivity index (χ1n) is 5.18. The Labute approximate surface area is 96.9 Å². The van der Waals surface area contributed by atoms with Gasteiger partial charge in [0.05, 0.1) is 11.2 Å². The maximum absolute atomic E-state index is 13.7. The highest BCUT2D eigenvalue weighted by molar-refractivity contribution is 5.81. The van der Waals surface area contributed by atoms with Crippen molar-refractivity contribution in [2.24, 2.45) is 0 Å². The Morgan fingerprint density at radius 3 is 2.76 bits per heavy atom. The Morgan fingerprint density at radius 2 is 1.94 bits per heavy atom. The molecule has 3 aromatic rings.